The fourth-order valence-corrected chi connectivity index (χ4v) is 5.12. The molecule has 0 radical (unpaired) electrons. The van der Waals surface area contributed by atoms with E-state index in [0.29, 0.717) is 11.6 Å². The van der Waals surface area contributed by atoms with E-state index < -0.39 is 0 Å². The second-order valence-electron chi connectivity index (χ2n) is 9.55. The van der Waals surface area contributed by atoms with Crippen LogP contribution < -0.4 is 0 Å². The number of aromatic nitrogens is 3. The van der Waals surface area contributed by atoms with E-state index in [1.165, 1.54) is 62.8 Å². The van der Waals surface area contributed by atoms with Gasteiger partial charge in [0.05, 0.1) is 0 Å². The molecule has 4 rings (SSSR count). The second kappa shape index (κ2) is 9.93. The number of hydrogen-bond donors (Lipinski definition) is 0. The zero-order valence-corrected chi connectivity index (χ0v) is 18.9. The highest BCUT2D eigenvalue weighted by molar-refractivity contribution is 5.93. The Labute approximate surface area is 181 Å². The van der Waals surface area contributed by atoms with Crippen LogP contribution in [-0.2, 0) is 6.42 Å². The first-order chi connectivity index (χ1) is 14.7. The van der Waals surface area contributed by atoms with E-state index in [2.05, 4.69) is 19.9 Å². The van der Waals surface area contributed by atoms with Crippen LogP contribution in [0.2, 0.25) is 0 Å². The average Bonchev–Trinajstić information content (AvgIpc) is 2.94. The molecule has 1 aliphatic carbocycles. The summed E-state index contributed by atoms with van der Waals surface area (Å²) >= 11 is 0. The SMILES string of the molecule is CCC(C)c1cc(CC2CCCCCC2)nc2cc(C(=O)N3CCCCCC3)nn12. The molecule has 164 valence electrons. The quantitative estimate of drug-likeness (QED) is 0.588. The van der Waals surface area contributed by atoms with E-state index in [-0.39, 0.29) is 5.91 Å². The molecule has 0 bridgehead atoms. The number of likely N-dealkylation sites (tertiary alicyclic amines) is 1. The molecule has 30 heavy (non-hydrogen) atoms. The normalized spacial score (nSPS) is 20.1. The van der Waals surface area contributed by atoms with Gasteiger partial charge in [-0.15, -0.1) is 0 Å². The van der Waals surface area contributed by atoms with Crippen molar-refractivity contribution in [3.05, 3.63) is 29.2 Å². The van der Waals surface area contributed by atoms with Crippen LogP contribution in [0.4, 0.5) is 0 Å². The minimum atomic E-state index is 0.0721. The van der Waals surface area contributed by atoms with Crippen LogP contribution in [0.3, 0.4) is 0 Å². The molecule has 1 saturated heterocycles. The van der Waals surface area contributed by atoms with E-state index in [1.54, 1.807) is 0 Å². The van der Waals surface area contributed by atoms with Gasteiger partial charge in [-0.05, 0) is 43.6 Å². The topological polar surface area (TPSA) is 50.5 Å². The Bertz CT molecular complexity index is 842. The van der Waals surface area contributed by atoms with Gasteiger partial charge in [-0.3, -0.25) is 4.79 Å². The largest absolute Gasteiger partial charge is 0.337 e. The van der Waals surface area contributed by atoms with Crippen LogP contribution in [-0.4, -0.2) is 38.5 Å². The van der Waals surface area contributed by atoms with Gasteiger partial charge in [0.2, 0.25) is 0 Å². The van der Waals surface area contributed by atoms with Crippen molar-refractivity contribution in [2.75, 3.05) is 13.1 Å². The number of carbonyl (C=O) groups excluding carboxylic acids is 1. The molecule has 1 saturated carbocycles. The van der Waals surface area contributed by atoms with Crippen molar-refractivity contribution in [2.24, 2.45) is 5.92 Å². The first kappa shape index (κ1) is 21.3. The zero-order valence-electron chi connectivity index (χ0n) is 18.9. The van der Waals surface area contributed by atoms with Crippen molar-refractivity contribution in [3.8, 4) is 0 Å². The molecule has 5 nitrogen and oxygen atoms in total. The van der Waals surface area contributed by atoms with Gasteiger partial charge < -0.3 is 4.90 Å². The molecule has 1 aliphatic heterocycles. The summed E-state index contributed by atoms with van der Waals surface area (Å²) in [5, 5.41) is 4.75. The molecule has 0 N–H and O–H groups in total. The Morgan fingerprint density at radius 1 is 1.03 bits per heavy atom. The Morgan fingerprint density at radius 2 is 1.70 bits per heavy atom. The third kappa shape index (κ3) is 4.87. The monoisotopic (exact) mass is 410 g/mol. The average molecular weight is 411 g/mol. The van der Waals surface area contributed by atoms with Crippen molar-refractivity contribution >= 4 is 11.6 Å². The summed E-state index contributed by atoms with van der Waals surface area (Å²) in [6.07, 6.45) is 14.9. The van der Waals surface area contributed by atoms with Crippen molar-refractivity contribution in [3.63, 3.8) is 0 Å². The number of carbonyl (C=O) groups is 1. The minimum absolute atomic E-state index is 0.0721. The summed E-state index contributed by atoms with van der Waals surface area (Å²) in [6, 6.07) is 4.19. The van der Waals surface area contributed by atoms with Crippen molar-refractivity contribution in [1.82, 2.24) is 19.5 Å². The van der Waals surface area contributed by atoms with E-state index in [9.17, 15) is 4.79 Å². The maximum absolute atomic E-state index is 13.1. The lowest BCUT2D eigenvalue weighted by molar-refractivity contribution is 0.0755. The van der Waals surface area contributed by atoms with Gasteiger partial charge in [-0.2, -0.15) is 5.10 Å². The summed E-state index contributed by atoms with van der Waals surface area (Å²) in [5.41, 5.74) is 3.77. The minimum Gasteiger partial charge on any atom is -0.337 e. The maximum atomic E-state index is 13.1. The van der Waals surface area contributed by atoms with Gasteiger partial charge >= 0.3 is 0 Å². The number of fused-ring (bicyclic) bond motifs is 1. The van der Waals surface area contributed by atoms with Crippen molar-refractivity contribution in [2.45, 2.75) is 96.8 Å². The first-order valence-electron chi connectivity index (χ1n) is 12.3. The van der Waals surface area contributed by atoms with Gasteiger partial charge in [0.1, 0.15) is 0 Å². The predicted molar refractivity (Wildman–Crippen MR) is 121 cm³/mol. The molecule has 2 aromatic rings. The van der Waals surface area contributed by atoms with Crippen molar-refractivity contribution in [1.29, 1.82) is 0 Å². The van der Waals surface area contributed by atoms with Crippen LogP contribution >= 0.6 is 0 Å². The molecule has 0 spiro atoms. The summed E-state index contributed by atoms with van der Waals surface area (Å²) in [4.78, 5) is 20.1. The Morgan fingerprint density at radius 3 is 2.37 bits per heavy atom. The predicted octanol–water partition coefficient (Wildman–Crippen LogP) is 5.77. The zero-order chi connectivity index (χ0) is 20.9. The van der Waals surface area contributed by atoms with E-state index in [4.69, 9.17) is 10.1 Å². The third-order valence-electron chi connectivity index (χ3n) is 7.21. The summed E-state index contributed by atoms with van der Waals surface area (Å²) in [6.45, 7) is 6.17. The lowest BCUT2D eigenvalue weighted by Crippen LogP contribution is -2.32. The molecule has 3 heterocycles. The molecule has 2 aliphatic rings. The van der Waals surface area contributed by atoms with Gasteiger partial charge in [0.15, 0.2) is 11.3 Å². The molecule has 2 aromatic heterocycles. The lowest BCUT2D eigenvalue weighted by Gasteiger charge is -2.18. The van der Waals surface area contributed by atoms with Crippen LogP contribution in [0.5, 0.6) is 0 Å². The van der Waals surface area contributed by atoms with E-state index in [1.807, 2.05) is 15.5 Å². The first-order valence-corrected chi connectivity index (χ1v) is 12.3. The second-order valence-corrected chi connectivity index (χ2v) is 9.55. The van der Waals surface area contributed by atoms with Crippen molar-refractivity contribution < 1.29 is 4.79 Å². The molecule has 5 heteroatoms. The highest BCUT2D eigenvalue weighted by Crippen LogP contribution is 2.28. The standard InChI is InChI=1S/C25H38N4O/c1-3-19(2)23-17-21(16-20-12-8-4-5-9-13-20)26-24-18-22(27-29(23)24)25(30)28-14-10-6-7-11-15-28/h17-20H,3-16H2,1-2H3. The fraction of sp³-hybridized carbons (Fsp3) is 0.720. The van der Waals surface area contributed by atoms with Crippen LogP contribution in [0.1, 0.15) is 112 Å². The Balaban J connectivity index is 1.63. The van der Waals surface area contributed by atoms with Gasteiger partial charge in [0, 0.05) is 30.5 Å². The van der Waals surface area contributed by atoms with Crippen LogP contribution in [0, 0.1) is 5.92 Å². The molecule has 1 atom stereocenters. The van der Waals surface area contributed by atoms with E-state index >= 15 is 0 Å². The molecule has 1 unspecified atom stereocenters. The number of rotatable bonds is 5. The molecule has 2 fully saturated rings. The third-order valence-corrected chi connectivity index (χ3v) is 7.21. The maximum Gasteiger partial charge on any atom is 0.274 e. The van der Waals surface area contributed by atoms with Gasteiger partial charge in [-0.1, -0.05) is 65.2 Å². The molecular formula is C25H38N4O. The summed E-state index contributed by atoms with van der Waals surface area (Å²) < 4.78 is 1.94. The molecular weight excluding hydrogens is 372 g/mol. The molecule has 1 amide bonds. The van der Waals surface area contributed by atoms with Crippen LogP contribution in [0.25, 0.3) is 5.65 Å². The molecule has 0 aromatic carbocycles. The van der Waals surface area contributed by atoms with Crippen LogP contribution in [0.15, 0.2) is 12.1 Å². The summed E-state index contributed by atoms with van der Waals surface area (Å²) in [5.74, 6) is 1.21. The Hall–Kier alpha value is -1.91. The summed E-state index contributed by atoms with van der Waals surface area (Å²) in [7, 11) is 0. The number of nitrogens with zero attached hydrogens (tertiary/aromatic N) is 4. The van der Waals surface area contributed by atoms with E-state index in [0.717, 1.165) is 50.3 Å². The smallest absolute Gasteiger partial charge is 0.274 e. The highest BCUT2D eigenvalue weighted by Gasteiger charge is 2.23. The fourth-order valence-electron chi connectivity index (χ4n) is 5.12. The van der Waals surface area contributed by atoms with Gasteiger partial charge in [-0.25, -0.2) is 9.50 Å². The Kier molecular flexibility index (Phi) is 7.06. The van der Waals surface area contributed by atoms with Gasteiger partial charge in [0.25, 0.3) is 5.91 Å². The number of amides is 1. The highest BCUT2D eigenvalue weighted by atomic mass is 16.2. The number of hydrogen-bond acceptors (Lipinski definition) is 3. The lowest BCUT2D eigenvalue weighted by atomic mass is 9.94.